The molecule has 1 aliphatic rings. The molecule has 94 valence electrons. The van der Waals surface area contributed by atoms with Crippen LogP contribution in [0.4, 0.5) is 0 Å². The Kier molecular flexibility index (Phi) is 4.98. The molecule has 1 aromatic carbocycles. The van der Waals surface area contributed by atoms with Crippen molar-refractivity contribution in [3.05, 3.63) is 35.9 Å². The summed E-state index contributed by atoms with van der Waals surface area (Å²) in [6.07, 6.45) is 1.24. The SMILES string of the molecule is CCOCC1CNC(Cc2ccccc2)CO1. The molecule has 1 N–H and O–H groups in total. The fourth-order valence-corrected chi connectivity index (χ4v) is 2.05. The molecular weight excluding hydrogens is 214 g/mol. The Labute approximate surface area is 103 Å². The lowest BCUT2D eigenvalue weighted by molar-refractivity contribution is -0.0439. The van der Waals surface area contributed by atoms with Gasteiger partial charge in [0.25, 0.3) is 0 Å². The van der Waals surface area contributed by atoms with E-state index < -0.39 is 0 Å². The van der Waals surface area contributed by atoms with Gasteiger partial charge in [0.2, 0.25) is 0 Å². The second-order valence-electron chi connectivity index (χ2n) is 4.41. The maximum absolute atomic E-state index is 5.78. The van der Waals surface area contributed by atoms with E-state index in [0.29, 0.717) is 12.6 Å². The highest BCUT2D eigenvalue weighted by atomic mass is 16.5. The lowest BCUT2D eigenvalue weighted by atomic mass is 10.1. The number of benzene rings is 1. The van der Waals surface area contributed by atoms with Crippen LogP contribution in [-0.4, -0.2) is 38.5 Å². The van der Waals surface area contributed by atoms with E-state index in [9.17, 15) is 0 Å². The Morgan fingerprint density at radius 1 is 1.35 bits per heavy atom. The molecule has 2 atom stereocenters. The van der Waals surface area contributed by atoms with Gasteiger partial charge in [-0.15, -0.1) is 0 Å². The number of morpholine rings is 1. The summed E-state index contributed by atoms with van der Waals surface area (Å²) in [7, 11) is 0. The molecule has 0 bridgehead atoms. The maximum Gasteiger partial charge on any atom is 0.0933 e. The van der Waals surface area contributed by atoms with E-state index in [1.165, 1.54) is 5.56 Å². The normalized spacial score (nSPS) is 24.8. The van der Waals surface area contributed by atoms with Gasteiger partial charge in [0.05, 0.1) is 19.3 Å². The van der Waals surface area contributed by atoms with Gasteiger partial charge in [-0.05, 0) is 18.9 Å². The fourth-order valence-electron chi connectivity index (χ4n) is 2.05. The number of hydrogen-bond acceptors (Lipinski definition) is 3. The van der Waals surface area contributed by atoms with Crippen LogP contribution in [-0.2, 0) is 15.9 Å². The Hall–Kier alpha value is -0.900. The number of nitrogens with one attached hydrogen (secondary N) is 1. The van der Waals surface area contributed by atoms with Crippen LogP contribution >= 0.6 is 0 Å². The van der Waals surface area contributed by atoms with Crippen LogP contribution in [0.25, 0.3) is 0 Å². The third-order valence-electron chi connectivity index (χ3n) is 3.00. The summed E-state index contributed by atoms with van der Waals surface area (Å²) in [5, 5.41) is 3.52. The third kappa shape index (κ3) is 4.11. The van der Waals surface area contributed by atoms with Crippen LogP contribution in [0.15, 0.2) is 30.3 Å². The van der Waals surface area contributed by atoms with Crippen LogP contribution in [0.2, 0.25) is 0 Å². The first-order valence-corrected chi connectivity index (χ1v) is 6.35. The molecule has 1 heterocycles. The molecule has 0 aromatic heterocycles. The van der Waals surface area contributed by atoms with E-state index in [-0.39, 0.29) is 6.10 Å². The molecule has 0 radical (unpaired) electrons. The number of ether oxygens (including phenoxy) is 2. The second-order valence-corrected chi connectivity index (χ2v) is 4.41. The highest BCUT2D eigenvalue weighted by Gasteiger charge is 2.20. The predicted octanol–water partition coefficient (Wildman–Crippen LogP) is 1.62. The van der Waals surface area contributed by atoms with Gasteiger partial charge in [-0.1, -0.05) is 30.3 Å². The Morgan fingerprint density at radius 2 is 2.18 bits per heavy atom. The Morgan fingerprint density at radius 3 is 2.82 bits per heavy atom. The van der Waals surface area contributed by atoms with Crippen LogP contribution in [0.5, 0.6) is 0 Å². The summed E-state index contributed by atoms with van der Waals surface area (Å²) in [6, 6.07) is 11.0. The molecule has 2 rings (SSSR count). The maximum atomic E-state index is 5.78. The van der Waals surface area contributed by atoms with Gasteiger partial charge < -0.3 is 14.8 Å². The topological polar surface area (TPSA) is 30.5 Å². The van der Waals surface area contributed by atoms with E-state index in [2.05, 4.69) is 29.6 Å². The van der Waals surface area contributed by atoms with Crippen LogP contribution in [0.1, 0.15) is 12.5 Å². The molecule has 0 aliphatic carbocycles. The summed E-state index contributed by atoms with van der Waals surface area (Å²) < 4.78 is 11.1. The first-order valence-electron chi connectivity index (χ1n) is 6.35. The van der Waals surface area contributed by atoms with Crippen LogP contribution in [0, 0.1) is 0 Å². The smallest absolute Gasteiger partial charge is 0.0933 e. The van der Waals surface area contributed by atoms with Gasteiger partial charge >= 0.3 is 0 Å². The van der Waals surface area contributed by atoms with Gasteiger partial charge in [0, 0.05) is 19.2 Å². The van der Waals surface area contributed by atoms with Crippen molar-refractivity contribution in [3.63, 3.8) is 0 Å². The minimum Gasteiger partial charge on any atom is -0.379 e. The minimum absolute atomic E-state index is 0.210. The molecule has 17 heavy (non-hydrogen) atoms. The van der Waals surface area contributed by atoms with E-state index in [0.717, 1.165) is 26.2 Å². The lowest BCUT2D eigenvalue weighted by Gasteiger charge is -2.30. The standard InChI is InChI=1S/C14H21NO2/c1-2-16-11-14-9-15-13(10-17-14)8-12-6-4-3-5-7-12/h3-7,13-15H,2,8-11H2,1H3. The largest absolute Gasteiger partial charge is 0.379 e. The second kappa shape index (κ2) is 6.74. The average molecular weight is 235 g/mol. The molecule has 1 saturated heterocycles. The predicted molar refractivity (Wildman–Crippen MR) is 68.2 cm³/mol. The molecule has 0 amide bonds. The van der Waals surface area contributed by atoms with E-state index >= 15 is 0 Å². The zero-order chi connectivity index (χ0) is 11.9. The Bertz CT molecular complexity index is 307. The molecule has 0 spiro atoms. The van der Waals surface area contributed by atoms with E-state index in [1.54, 1.807) is 0 Å². The molecule has 1 aliphatic heterocycles. The molecule has 2 unspecified atom stereocenters. The first-order chi connectivity index (χ1) is 8.38. The quantitative estimate of drug-likeness (QED) is 0.841. The number of rotatable bonds is 5. The van der Waals surface area contributed by atoms with Gasteiger partial charge in [0.15, 0.2) is 0 Å². The van der Waals surface area contributed by atoms with Gasteiger partial charge in [-0.2, -0.15) is 0 Å². The minimum atomic E-state index is 0.210. The van der Waals surface area contributed by atoms with Crippen molar-refractivity contribution in [2.24, 2.45) is 0 Å². The zero-order valence-electron chi connectivity index (χ0n) is 10.4. The van der Waals surface area contributed by atoms with Crippen LogP contribution in [0.3, 0.4) is 0 Å². The highest BCUT2D eigenvalue weighted by molar-refractivity contribution is 5.16. The molecule has 0 saturated carbocycles. The number of hydrogen-bond donors (Lipinski definition) is 1. The van der Waals surface area contributed by atoms with Crippen molar-refractivity contribution in [2.75, 3.05) is 26.4 Å². The van der Waals surface area contributed by atoms with Crippen molar-refractivity contribution in [3.8, 4) is 0 Å². The summed E-state index contributed by atoms with van der Waals surface area (Å²) in [5.74, 6) is 0. The first kappa shape index (κ1) is 12.6. The van der Waals surface area contributed by atoms with Gasteiger partial charge in [0.1, 0.15) is 0 Å². The zero-order valence-corrected chi connectivity index (χ0v) is 10.4. The van der Waals surface area contributed by atoms with Crippen molar-refractivity contribution in [2.45, 2.75) is 25.5 Å². The summed E-state index contributed by atoms with van der Waals surface area (Å²) >= 11 is 0. The van der Waals surface area contributed by atoms with Crippen molar-refractivity contribution in [1.82, 2.24) is 5.32 Å². The van der Waals surface area contributed by atoms with Gasteiger partial charge in [-0.25, -0.2) is 0 Å². The van der Waals surface area contributed by atoms with Gasteiger partial charge in [-0.3, -0.25) is 0 Å². The van der Waals surface area contributed by atoms with E-state index in [4.69, 9.17) is 9.47 Å². The summed E-state index contributed by atoms with van der Waals surface area (Å²) in [5.41, 5.74) is 1.36. The summed E-state index contributed by atoms with van der Waals surface area (Å²) in [6.45, 7) is 5.12. The molecule has 1 fully saturated rings. The monoisotopic (exact) mass is 235 g/mol. The molecule has 3 heteroatoms. The molecule has 3 nitrogen and oxygen atoms in total. The fraction of sp³-hybridized carbons (Fsp3) is 0.571. The van der Waals surface area contributed by atoms with Crippen molar-refractivity contribution >= 4 is 0 Å². The molecular formula is C14H21NO2. The third-order valence-corrected chi connectivity index (χ3v) is 3.00. The lowest BCUT2D eigenvalue weighted by Crippen LogP contribution is -2.48. The molecule has 1 aromatic rings. The Balaban J connectivity index is 1.72. The van der Waals surface area contributed by atoms with E-state index in [1.807, 2.05) is 13.0 Å². The van der Waals surface area contributed by atoms with Crippen LogP contribution < -0.4 is 5.32 Å². The highest BCUT2D eigenvalue weighted by Crippen LogP contribution is 2.08. The van der Waals surface area contributed by atoms with Crippen molar-refractivity contribution < 1.29 is 9.47 Å². The van der Waals surface area contributed by atoms with Crippen molar-refractivity contribution in [1.29, 1.82) is 0 Å². The summed E-state index contributed by atoms with van der Waals surface area (Å²) in [4.78, 5) is 0. The average Bonchev–Trinajstić information content (AvgIpc) is 2.39.